The number of nitrogens with zero attached hydrogens (tertiary/aromatic N) is 1. The lowest BCUT2D eigenvalue weighted by Crippen LogP contribution is -2.08. The molecule has 0 aliphatic carbocycles. The van der Waals surface area contributed by atoms with E-state index in [9.17, 15) is 4.79 Å². The summed E-state index contributed by atoms with van der Waals surface area (Å²) < 4.78 is 21.4. The summed E-state index contributed by atoms with van der Waals surface area (Å²) in [5.74, 6) is 1.22. The van der Waals surface area contributed by atoms with Gasteiger partial charge < -0.3 is 23.8 Å². The van der Waals surface area contributed by atoms with Gasteiger partial charge in [-0.2, -0.15) is 0 Å². The highest BCUT2D eigenvalue weighted by Crippen LogP contribution is 2.30. The van der Waals surface area contributed by atoms with Crippen LogP contribution >= 0.6 is 0 Å². The Kier molecular flexibility index (Phi) is 8.48. The van der Waals surface area contributed by atoms with Crippen LogP contribution in [0, 0.1) is 0 Å². The van der Waals surface area contributed by atoms with Crippen LogP contribution in [0.15, 0.2) is 84.2 Å². The molecule has 0 amide bonds. The summed E-state index contributed by atoms with van der Waals surface area (Å²) in [7, 11) is 4.37. The molecule has 0 bridgehead atoms. The van der Waals surface area contributed by atoms with E-state index in [1.165, 1.54) is 20.5 Å². The third-order valence-corrected chi connectivity index (χ3v) is 4.62. The SMILES string of the molecule is COC=C(C(=O)OC)c1ccccc1COc1cc(C=NOc2ccccc2)ccc1OC. The van der Waals surface area contributed by atoms with Crippen LogP contribution in [0.4, 0.5) is 0 Å². The number of ether oxygens (including phenoxy) is 4. The third kappa shape index (κ3) is 6.36. The van der Waals surface area contributed by atoms with Crippen LogP contribution in [0.25, 0.3) is 5.57 Å². The zero-order chi connectivity index (χ0) is 23.5. The molecule has 7 nitrogen and oxygen atoms in total. The van der Waals surface area contributed by atoms with Gasteiger partial charge in [-0.05, 0) is 41.5 Å². The molecule has 0 aliphatic heterocycles. The van der Waals surface area contributed by atoms with Crippen LogP contribution < -0.4 is 14.3 Å². The van der Waals surface area contributed by atoms with Crippen molar-refractivity contribution in [2.45, 2.75) is 6.61 Å². The number of carbonyl (C=O) groups excluding carboxylic acids is 1. The second kappa shape index (κ2) is 12.0. The fourth-order valence-electron chi connectivity index (χ4n) is 3.03. The maximum absolute atomic E-state index is 12.2. The molecule has 33 heavy (non-hydrogen) atoms. The molecule has 3 rings (SSSR count). The van der Waals surface area contributed by atoms with Gasteiger partial charge in [0.05, 0.1) is 33.8 Å². The van der Waals surface area contributed by atoms with Crippen LogP contribution in [0.1, 0.15) is 16.7 Å². The fourth-order valence-corrected chi connectivity index (χ4v) is 3.03. The molecule has 0 spiro atoms. The van der Waals surface area contributed by atoms with Crippen molar-refractivity contribution >= 4 is 17.8 Å². The quantitative estimate of drug-likeness (QED) is 0.145. The van der Waals surface area contributed by atoms with Gasteiger partial charge in [0.25, 0.3) is 0 Å². The van der Waals surface area contributed by atoms with Crippen LogP contribution in [0.2, 0.25) is 0 Å². The fraction of sp³-hybridized carbons (Fsp3) is 0.154. The standard InChI is InChI=1S/C26H25NO6/c1-29-18-23(26(28)31-3)22-12-8-7-9-20(22)17-32-25-15-19(13-14-24(25)30-2)16-27-33-21-10-5-4-6-11-21/h4-16,18H,17H2,1-3H3. The Labute approximate surface area is 192 Å². The van der Waals surface area contributed by atoms with E-state index >= 15 is 0 Å². The highest BCUT2D eigenvalue weighted by molar-refractivity contribution is 6.16. The van der Waals surface area contributed by atoms with E-state index in [2.05, 4.69) is 5.16 Å². The monoisotopic (exact) mass is 447 g/mol. The Morgan fingerprint density at radius 2 is 1.67 bits per heavy atom. The predicted molar refractivity (Wildman–Crippen MR) is 125 cm³/mol. The molecule has 3 aromatic carbocycles. The highest BCUT2D eigenvalue weighted by Gasteiger charge is 2.17. The van der Waals surface area contributed by atoms with Crippen molar-refractivity contribution in [1.29, 1.82) is 0 Å². The molecule has 0 N–H and O–H groups in total. The Balaban J connectivity index is 1.79. The minimum atomic E-state index is -0.501. The van der Waals surface area contributed by atoms with Crippen molar-refractivity contribution in [1.82, 2.24) is 0 Å². The zero-order valence-corrected chi connectivity index (χ0v) is 18.7. The molecule has 0 aromatic heterocycles. The lowest BCUT2D eigenvalue weighted by Gasteiger charge is -2.14. The largest absolute Gasteiger partial charge is 0.503 e. The van der Waals surface area contributed by atoms with Gasteiger partial charge in [-0.25, -0.2) is 4.79 Å². The number of carbonyl (C=O) groups is 1. The average molecular weight is 447 g/mol. The molecule has 0 heterocycles. The molecule has 0 radical (unpaired) electrons. The van der Waals surface area contributed by atoms with E-state index in [1.54, 1.807) is 25.5 Å². The van der Waals surface area contributed by atoms with E-state index in [4.69, 9.17) is 23.8 Å². The number of para-hydroxylation sites is 1. The first kappa shape index (κ1) is 23.4. The second-order valence-corrected chi connectivity index (χ2v) is 6.75. The molecular formula is C26H25NO6. The van der Waals surface area contributed by atoms with E-state index in [0.717, 1.165) is 11.1 Å². The number of methoxy groups -OCH3 is 3. The molecular weight excluding hydrogens is 422 g/mol. The minimum absolute atomic E-state index is 0.186. The minimum Gasteiger partial charge on any atom is -0.503 e. The Bertz CT molecular complexity index is 1120. The summed E-state index contributed by atoms with van der Waals surface area (Å²) in [5.41, 5.74) is 2.49. The number of oxime groups is 1. The van der Waals surface area contributed by atoms with Crippen molar-refractivity contribution in [3.05, 3.63) is 95.7 Å². The van der Waals surface area contributed by atoms with Crippen molar-refractivity contribution < 1.29 is 28.6 Å². The van der Waals surface area contributed by atoms with Crippen LogP contribution in [0.3, 0.4) is 0 Å². The Hall–Kier alpha value is -4.26. The topological polar surface area (TPSA) is 75.6 Å². The summed E-state index contributed by atoms with van der Waals surface area (Å²) in [5, 5.41) is 4.02. The number of rotatable bonds is 10. The number of benzene rings is 3. The van der Waals surface area contributed by atoms with Gasteiger partial charge >= 0.3 is 5.97 Å². The lowest BCUT2D eigenvalue weighted by atomic mass is 10.0. The molecule has 7 heteroatoms. The van der Waals surface area contributed by atoms with Gasteiger partial charge in [0.2, 0.25) is 0 Å². The molecule has 3 aromatic rings. The smallest absolute Gasteiger partial charge is 0.341 e. The van der Waals surface area contributed by atoms with Crippen molar-refractivity contribution in [3.8, 4) is 17.2 Å². The first-order valence-electron chi connectivity index (χ1n) is 10.1. The second-order valence-electron chi connectivity index (χ2n) is 6.75. The molecule has 0 aliphatic rings. The van der Waals surface area contributed by atoms with E-state index in [0.29, 0.717) is 28.4 Å². The van der Waals surface area contributed by atoms with Crippen LogP contribution in [-0.2, 0) is 20.9 Å². The third-order valence-electron chi connectivity index (χ3n) is 4.62. The van der Waals surface area contributed by atoms with Crippen LogP contribution in [-0.4, -0.2) is 33.5 Å². The van der Waals surface area contributed by atoms with Crippen molar-refractivity contribution in [2.24, 2.45) is 5.16 Å². The number of hydrogen-bond donors (Lipinski definition) is 0. The average Bonchev–Trinajstić information content (AvgIpc) is 2.86. The number of hydrogen-bond acceptors (Lipinski definition) is 7. The summed E-state index contributed by atoms with van der Waals surface area (Å²) in [6.45, 7) is 0.186. The Morgan fingerprint density at radius 3 is 2.39 bits per heavy atom. The van der Waals surface area contributed by atoms with Crippen LogP contribution in [0.5, 0.6) is 17.2 Å². The highest BCUT2D eigenvalue weighted by atomic mass is 16.6. The molecule has 0 atom stereocenters. The summed E-state index contributed by atoms with van der Waals surface area (Å²) in [6, 6.07) is 22.1. The molecule has 0 unspecified atom stereocenters. The van der Waals surface area contributed by atoms with E-state index < -0.39 is 5.97 Å². The zero-order valence-electron chi connectivity index (χ0n) is 18.7. The molecule has 0 saturated heterocycles. The number of esters is 1. The molecule has 170 valence electrons. The maximum atomic E-state index is 12.2. The van der Waals surface area contributed by atoms with Crippen molar-refractivity contribution in [3.63, 3.8) is 0 Å². The normalized spacial score (nSPS) is 11.2. The van der Waals surface area contributed by atoms with Gasteiger partial charge in [0.1, 0.15) is 12.2 Å². The van der Waals surface area contributed by atoms with Gasteiger partial charge in [-0.15, -0.1) is 0 Å². The first-order chi connectivity index (χ1) is 16.2. The predicted octanol–water partition coefficient (Wildman–Crippen LogP) is 4.85. The van der Waals surface area contributed by atoms with Gasteiger partial charge in [-0.1, -0.05) is 47.6 Å². The lowest BCUT2D eigenvalue weighted by molar-refractivity contribution is -0.133. The van der Waals surface area contributed by atoms with Gasteiger partial charge in [0.15, 0.2) is 17.2 Å². The molecule has 0 saturated carbocycles. The van der Waals surface area contributed by atoms with E-state index in [-0.39, 0.29) is 6.61 Å². The summed E-state index contributed by atoms with van der Waals surface area (Å²) >= 11 is 0. The van der Waals surface area contributed by atoms with Crippen molar-refractivity contribution in [2.75, 3.05) is 21.3 Å². The van der Waals surface area contributed by atoms with Gasteiger partial charge in [0, 0.05) is 5.56 Å². The Morgan fingerprint density at radius 1 is 0.909 bits per heavy atom. The maximum Gasteiger partial charge on any atom is 0.341 e. The van der Waals surface area contributed by atoms with Gasteiger partial charge in [-0.3, -0.25) is 0 Å². The summed E-state index contributed by atoms with van der Waals surface area (Å²) in [6.07, 6.45) is 2.94. The van der Waals surface area contributed by atoms with E-state index in [1.807, 2.05) is 60.7 Å². The first-order valence-corrected chi connectivity index (χ1v) is 10.1. The summed E-state index contributed by atoms with van der Waals surface area (Å²) in [4.78, 5) is 17.6. The molecule has 0 fully saturated rings.